The van der Waals surface area contributed by atoms with Crippen LogP contribution in [-0.4, -0.2) is 22.6 Å². The van der Waals surface area contributed by atoms with Gasteiger partial charge in [0.05, 0.1) is 0 Å². The highest BCUT2D eigenvalue weighted by molar-refractivity contribution is 5.57. The third kappa shape index (κ3) is 2.56. The van der Waals surface area contributed by atoms with Crippen LogP contribution in [0.1, 0.15) is 44.6 Å². The highest BCUT2D eigenvalue weighted by Gasteiger charge is 2.23. The van der Waals surface area contributed by atoms with E-state index in [2.05, 4.69) is 27.2 Å². The molecule has 0 aromatic carbocycles. The van der Waals surface area contributed by atoms with Crippen LogP contribution in [0.25, 0.3) is 0 Å². The van der Waals surface area contributed by atoms with Gasteiger partial charge in [-0.15, -0.1) is 0 Å². The van der Waals surface area contributed by atoms with Gasteiger partial charge >= 0.3 is 0 Å². The summed E-state index contributed by atoms with van der Waals surface area (Å²) in [5, 5.41) is 0. The van der Waals surface area contributed by atoms with Crippen LogP contribution in [0.4, 0.5) is 11.6 Å². The third-order valence-corrected chi connectivity index (χ3v) is 3.81. The van der Waals surface area contributed by atoms with Crippen molar-refractivity contribution < 1.29 is 0 Å². The molecular weight excluding hydrogens is 226 g/mol. The van der Waals surface area contributed by atoms with Crippen LogP contribution in [-0.2, 0) is 0 Å². The summed E-state index contributed by atoms with van der Waals surface area (Å²) in [5.41, 5.74) is 3.69. The Kier molecular flexibility index (Phi) is 4.36. The van der Waals surface area contributed by atoms with Crippen molar-refractivity contribution in [1.29, 1.82) is 0 Å². The number of nitrogens with one attached hydrogen (secondary N) is 1. The van der Waals surface area contributed by atoms with E-state index in [1.165, 1.54) is 25.7 Å². The average molecular weight is 249 g/mol. The summed E-state index contributed by atoms with van der Waals surface area (Å²) in [4.78, 5) is 11.1. The molecule has 100 valence electrons. The number of aromatic nitrogens is 2. The van der Waals surface area contributed by atoms with Crippen LogP contribution in [0, 0.1) is 6.92 Å². The summed E-state index contributed by atoms with van der Waals surface area (Å²) >= 11 is 0. The normalized spacial score (nSPS) is 20.6. The maximum Gasteiger partial charge on any atom is 0.148 e. The van der Waals surface area contributed by atoms with Gasteiger partial charge in [0.25, 0.3) is 0 Å². The molecule has 5 nitrogen and oxygen atoms in total. The number of hydrogen-bond acceptors (Lipinski definition) is 5. The van der Waals surface area contributed by atoms with Crippen molar-refractivity contribution in [2.45, 2.75) is 52.0 Å². The van der Waals surface area contributed by atoms with E-state index in [9.17, 15) is 0 Å². The molecule has 0 radical (unpaired) electrons. The number of anilines is 2. The van der Waals surface area contributed by atoms with Crippen LogP contribution < -0.4 is 16.2 Å². The zero-order chi connectivity index (χ0) is 13.0. The van der Waals surface area contributed by atoms with E-state index >= 15 is 0 Å². The van der Waals surface area contributed by atoms with Gasteiger partial charge in [0.1, 0.15) is 18.0 Å². The Hall–Kier alpha value is -1.36. The molecule has 18 heavy (non-hydrogen) atoms. The van der Waals surface area contributed by atoms with E-state index in [-0.39, 0.29) is 0 Å². The topological polar surface area (TPSA) is 67.1 Å². The molecule has 1 saturated heterocycles. The summed E-state index contributed by atoms with van der Waals surface area (Å²) in [7, 11) is 0. The second-order valence-electron chi connectivity index (χ2n) is 4.92. The van der Waals surface area contributed by atoms with Gasteiger partial charge in [-0.2, -0.15) is 0 Å². The summed E-state index contributed by atoms with van der Waals surface area (Å²) in [5.74, 6) is 7.24. The molecule has 1 aliphatic heterocycles. The number of hydrogen-bond donors (Lipinski definition) is 2. The first-order valence-electron chi connectivity index (χ1n) is 6.82. The molecule has 3 N–H and O–H groups in total. The standard InChI is InChI=1S/C13H23N5/c1-3-11-7-5-4-6-8-18(11)13-10(2)12(17-14)15-9-16-13/h9,11H,3-8,14H2,1-2H3,(H,15,16,17). The van der Waals surface area contributed by atoms with Crippen molar-refractivity contribution in [2.24, 2.45) is 5.84 Å². The van der Waals surface area contributed by atoms with Crippen molar-refractivity contribution in [1.82, 2.24) is 9.97 Å². The summed E-state index contributed by atoms with van der Waals surface area (Å²) in [6, 6.07) is 0.590. The van der Waals surface area contributed by atoms with Gasteiger partial charge < -0.3 is 10.3 Å². The Bertz CT molecular complexity index is 393. The number of nitrogen functional groups attached to an aromatic ring is 1. The smallest absolute Gasteiger partial charge is 0.148 e. The predicted molar refractivity (Wildman–Crippen MR) is 74.5 cm³/mol. The molecule has 2 heterocycles. The molecule has 0 aliphatic carbocycles. The largest absolute Gasteiger partial charge is 0.353 e. The molecule has 0 saturated carbocycles. The molecule has 0 amide bonds. The zero-order valence-electron chi connectivity index (χ0n) is 11.3. The monoisotopic (exact) mass is 249 g/mol. The molecule has 1 fully saturated rings. The highest BCUT2D eigenvalue weighted by atomic mass is 15.3. The minimum absolute atomic E-state index is 0.590. The van der Waals surface area contributed by atoms with Gasteiger partial charge in [0.2, 0.25) is 0 Å². The summed E-state index contributed by atoms with van der Waals surface area (Å²) in [6.45, 7) is 5.37. The Morgan fingerprint density at radius 3 is 2.94 bits per heavy atom. The molecule has 2 rings (SSSR count). The minimum atomic E-state index is 0.590. The van der Waals surface area contributed by atoms with Gasteiger partial charge in [-0.3, -0.25) is 0 Å². The lowest BCUT2D eigenvalue weighted by atomic mass is 10.1. The quantitative estimate of drug-likeness (QED) is 0.635. The van der Waals surface area contributed by atoms with E-state index in [0.29, 0.717) is 6.04 Å². The number of nitrogens with two attached hydrogens (primary N) is 1. The minimum Gasteiger partial charge on any atom is -0.353 e. The van der Waals surface area contributed by atoms with Crippen molar-refractivity contribution in [2.75, 3.05) is 16.9 Å². The first kappa shape index (κ1) is 13.1. The van der Waals surface area contributed by atoms with Crippen LogP contribution in [0.15, 0.2) is 6.33 Å². The van der Waals surface area contributed by atoms with Crippen LogP contribution in [0.3, 0.4) is 0 Å². The van der Waals surface area contributed by atoms with E-state index in [4.69, 9.17) is 5.84 Å². The molecule has 1 unspecified atom stereocenters. The fourth-order valence-corrected chi connectivity index (χ4v) is 2.76. The van der Waals surface area contributed by atoms with Crippen LogP contribution >= 0.6 is 0 Å². The molecule has 5 heteroatoms. The molecule has 1 aromatic rings. The van der Waals surface area contributed by atoms with Crippen LogP contribution in [0.5, 0.6) is 0 Å². The van der Waals surface area contributed by atoms with Gasteiger partial charge in [0.15, 0.2) is 0 Å². The Morgan fingerprint density at radius 2 is 2.22 bits per heavy atom. The lowest BCUT2D eigenvalue weighted by molar-refractivity contribution is 0.551. The summed E-state index contributed by atoms with van der Waals surface area (Å²) < 4.78 is 0. The van der Waals surface area contributed by atoms with Crippen molar-refractivity contribution in [3.05, 3.63) is 11.9 Å². The molecule has 1 aliphatic rings. The first-order chi connectivity index (χ1) is 8.77. The fourth-order valence-electron chi connectivity index (χ4n) is 2.76. The number of nitrogens with zero attached hydrogens (tertiary/aromatic N) is 3. The van der Waals surface area contributed by atoms with E-state index in [1.54, 1.807) is 6.33 Å². The lowest BCUT2D eigenvalue weighted by Gasteiger charge is -2.31. The molecule has 0 bridgehead atoms. The van der Waals surface area contributed by atoms with E-state index in [1.807, 2.05) is 6.92 Å². The van der Waals surface area contributed by atoms with Crippen molar-refractivity contribution in [3.8, 4) is 0 Å². The number of hydrazine groups is 1. The van der Waals surface area contributed by atoms with Crippen molar-refractivity contribution >= 4 is 11.6 Å². The second kappa shape index (κ2) is 6.00. The van der Waals surface area contributed by atoms with Gasteiger partial charge in [0, 0.05) is 18.2 Å². The zero-order valence-corrected chi connectivity index (χ0v) is 11.3. The lowest BCUT2D eigenvalue weighted by Crippen LogP contribution is -2.35. The Labute approximate surface area is 109 Å². The third-order valence-electron chi connectivity index (χ3n) is 3.81. The fraction of sp³-hybridized carbons (Fsp3) is 0.692. The highest BCUT2D eigenvalue weighted by Crippen LogP contribution is 2.28. The Balaban J connectivity index is 2.32. The molecule has 0 spiro atoms. The molecular formula is C13H23N5. The number of rotatable bonds is 3. The average Bonchev–Trinajstić information content (AvgIpc) is 2.64. The van der Waals surface area contributed by atoms with Crippen LogP contribution in [0.2, 0.25) is 0 Å². The molecule has 1 atom stereocenters. The SMILES string of the molecule is CCC1CCCCCN1c1ncnc(NN)c1C. The van der Waals surface area contributed by atoms with E-state index in [0.717, 1.165) is 30.2 Å². The van der Waals surface area contributed by atoms with Gasteiger partial charge in [-0.1, -0.05) is 19.8 Å². The maximum atomic E-state index is 5.49. The Morgan fingerprint density at radius 1 is 1.39 bits per heavy atom. The molecule has 1 aromatic heterocycles. The summed E-state index contributed by atoms with van der Waals surface area (Å²) in [6.07, 6.45) is 7.89. The first-order valence-corrected chi connectivity index (χ1v) is 6.82. The van der Waals surface area contributed by atoms with Gasteiger partial charge in [-0.25, -0.2) is 15.8 Å². The van der Waals surface area contributed by atoms with E-state index < -0.39 is 0 Å². The van der Waals surface area contributed by atoms with Gasteiger partial charge in [-0.05, 0) is 26.2 Å². The second-order valence-corrected chi connectivity index (χ2v) is 4.92. The predicted octanol–water partition coefficient (Wildman–Crippen LogP) is 2.23. The van der Waals surface area contributed by atoms with Crippen molar-refractivity contribution in [3.63, 3.8) is 0 Å². The maximum absolute atomic E-state index is 5.49.